The number of rotatable bonds is 6. The molecule has 1 aliphatic rings. The molecule has 1 aromatic carbocycles. The predicted octanol–water partition coefficient (Wildman–Crippen LogP) is -0.815. The zero-order valence-electron chi connectivity index (χ0n) is 13.7. The predicted molar refractivity (Wildman–Crippen MR) is 90.2 cm³/mol. The van der Waals surface area contributed by atoms with Crippen molar-refractivity contribution in [2.75, 3.05) is 33.4 Å². The third kappa shape index (κ3) is 4.57. The van der Waals surface area contributed by atoms with Gasteiger partial charge in [-0.05, 0) is 18.2 Å². The Morgan fingerprint density at radius 2 is 2.28 bits per heavy atom. The molecule has 1 heterocycles. The summed E-state index contributed by atoms with van der Waals surface area (Å²) in [6.45, 7) is 0.325. The zero-order chi connectivity index (χ0) is 18.4. The number of hydrogen-bond donors (Lipinski definition) is 2. The first kappa shape index (κ1) is 18.9. The smallest absolute Gasteiger partial charge is 0.252 e. The Balaban J connectivity index is 2.21. The van der Waals surface area contributed by atoms with E-state index in [2.05, 4.69) is 16.6 Å². The highest BCUT2D eigenvalue weighted by molar-refractivity contribution is 7.89. The second kappa shape index (κ2) is 8.11. The summed E-state index contributed by atoms with van der Waals surface area (Å²) in [5.74, 6) is 1.51. The Hall–Kier alpha value is -2.41. The van der Waals surface area contributed by atoms with Crippen molar-refractivity contribution in [1.82, 2.24) is 14.9 Å². The van der Waals surface area contributed by atoms with Crippen LogP contribution in [0.2, 0.25) is 0 Å². The van der Waals surface area contributed by atoms with Gasteiger partial charge < -0.3 is 15.4 Å². The van der Waals surface area contributed by atoms with Crippen LogP contribution in [0.3, 0.4) is 0 Å². The van der Waals surface area contributed by atoms with Gasteiger partial charge in [-0.3, -0.25) is 9.59 Å². The molecule has 0 bridgehead atoms. The van der Waals surface area contributed by atoms with Crippen molar-refractivity contribution in [2.45, 2.75) is 10.9 Å². The minimum absolute atomic E-state index is 0.0566. The minimum Gasteiger partial charge on any atom is -0.382 e. The molecule has 2 N–H and O–H groups in total. The molecule has 0 spiro atoms. The topological polar surface area (TPSA) is 105 Å². The molecular formula is C16H19N3O5S. The summed E-state index contributed by atoms with van der Waals surface area (Å²) < 4.78 is 31.3. The first-order valence-corrected chi connectivity index (χ1v) is 8.95. The molecule has 1 fully saturated rings. The highest BCUT2D eigenvalue weighted by atomic mass is 32.2. The van der Waals surface area contributed by atoms with Gasteiger partial charge in [-0.15, -0.1) is 6.42 Å². The van der Waals surface area contributed by atoms with E-state index >= 15 is 0 Å². The number of hydrogen-bond acceptors (Lipinski definition) is 5. The SMILES string of the molecule is C#C[C@H](COC)NC(=O)c1cccc(S(=O)(=O)N2CCNC(=O)C2)c1. The van der Waals surface area contributed by atoms with Crippen LogP contribution < -0.4 is 10.6 Å². The van der Waals surface area contributed by atoms with E-state index in [0.717, 1.165) is 4.31 Å². The van der Waals surface area contributed by atoms with Crippen LogP contribution in [-0.4, -0.2) is 63.9 Å². The second-order valence-corrected chi connectivity index (χ2v) is 7.30. The molecule has 9 heteroatoms. The monoisotopic (exact) mass is 365 g/mol. The Kier molecular flexibility index (Phi) is 6.14. The fraction of sp³-hybridized carbons (Fsp3) is 0.375. The van der Waals surface area contributed by atoms with Crippen LogP contribution >= 0.6 is 0 Å². The summed E-state index contributed by atoms with van der Waals surface area (Å²) >= 11 is 0. The number of terminal acetylenes is 1. The summed E-state index contributed by atoms with van der Waals surface area (Å²) in [6, 6.07) is 4.97. The summed E-state index contributed by atoms with van der Waals surface area (Å²) in [6.07, 6.45) is 5.31. The van der Waals surface area contributed by atoms with Gasteiger partial charge in [0.25, 0.3) is 5.91 Å². The number of amides is 2. The summed E-state index contributed by atoms with van der Waals surface area (Å²) in [7, 11) is -2.41. The lowest BCUT2D eigenvalue weighted by molar-refractivity contribution is -0.122. The third-order valence-electron chi connectivity index (χ3n) is 3.58. The number of methoxy groups -OCH3 is 1. The average Bonchev–Trinajstić information content (AvgIpc) is 2.61. The Morgan fingerprint density at radius 3 is 2.92 bits per heavy atom. The van der Waals surface area contributed by atoms with E-state index in [-0.39, 0.29) is 42.6 Å². The third-order valence-corrected chi connectivity index (χ3v) is 5.42. The fourth-order valence-electron chi connectivity index (χ4n) is 2.31. The van der Waals surface area contributed by atoms with Gasteiger partial charge in [-0.25, -0.2) is 8.42 Å². The molecule has 1 aliphatic heterocycles. The molecular weight excluding hydrogens is 346 g/mol. The quantitative estimate of drug-likeness (QED) is 0.641. The Labute approximate surface area is 146 Å². The van der Waals surface area contributed by atoms with Crippen LogP contribution in [0.5, 0.6) is 0 Å². The van der Waals surface area contributed by atoms with Gasteiger partial charge in [-0.2, -0.15) is 4.31 Å². The van der Waals surface area contributed by atoms with Gasteiger partial charge in [0.05, 0.1) is 18.0 Å². The van der Waals surface area contributed by atoms with Crippen LogP contribution in [0.15, 0.2) is 29.2 Å². The molecule has 0 aliphatic carbocycles. The van der Waals surface area contributed by atoms with Crippen molar-refractivity contribution in [3.8, 4) is 12.3 Å². The van der Waals surface area contributed by atoms with Gasteiger partial charge >= 0.3 is 0 Å². The second-order valence-electron chi connectivity index (χ2n) is 5.36. The highest BCUT2D eigenvalue weighted by Gasteiger charge is 2.29. The molecule has 25 heavy (non-hydrogen) atoms. The van der Waals surface area contributed by atoms with E-state index < -0.39 is 22.0 Å². The summed E-state index contributed by atoms with van der Waals surface area (Å²) in [5.41, 5.74) is 0.152. The normalized spacial score (nSPS) is 16.6. The number of nitrogens with one attached hydrogen (secondary N) is 2. The van der Waals surface area contributed by atoms with Gasteiger partial charge in [0.1, 0.15) is 6.04 Å². The fourth-order valence-corrected chi connectivity index (χ4v) is 3.75. The molecule has 0 radical (unpaired) electrons. The number of sulfonamides is 1. The number of ether oxygens (including phenoxy) is 1. The molecule has 1 atom stereocenters. The summed E-state index contributed by atoms with van der Waals surface area (Å²) in [4.78, 5) is 23.6. The van der Waals surface area contributed by atoms with Crippen molar-refractivity contribution >= 4 is 21.8 Å². The van der Waals surface area contributed by atoms with Crippen LogP contribution in [0.4, 0.5) is 0 Å². The first-order chi connectivity index (χ1) is 11.9. The number of nitrogens with zero attached hydrogens (tertiary/aromatic N) is 1. The van der Waals surface area contributed by atoms with E-state index in [1.807, 2.05) is 0 Å². The standard InChI is InChI=1S/C16H19N3O5S/c1-3-13(11-24-2)18-16(21)12-5-4-6-14(9-12)25(22,23)19-8-7-17-15(20)10-19/h1,4-6,9,13H,7-8,10-11H2,2H3,(H,17,20)(H,18,21)/t13-/m1/s1. The van der Waals surface area contributed by atoms with Gasteiger partial charge in [-0.1, -0.05) is 12.0 Å². The molecule has 2 rings (SSSR count). The van der Waals surface area contributed by atoms with Crippen molar-refractivity contribution in [3.63, 3.8) is 0 Å². The first-order valence-electron chi connectivity index (χ1n) is 7.51. The Morgan fingerprint density at radius 1 is 1.52 bits per heavy atom. The van der Waals surface area contributed by atoms with Gasteiger partial charge in [0.15, 0.2) is 0 Å². The van der Waals surface area contributed by atoms with Gasteiger partial charge in [0.2, 0.25) is 15.9 Å². The average molecular weight is 365 g/mol. The molecule has 2 amide bonds. The maximum atomic E-state index is 12.7. The maximum Gasteiger partial charge on any atom is 0.252 e. The summed E-state index contributed by atoms with van der Waals surface area (Å²) in [5, 5.41) is 5.14. The molecule has 0 aromatic heterocycles. The van der Waals surface area contributed by atoms with E-state index in [9.17, 15) is 18.0 Å². The van der Waals surface area contributed by atoms with E-state index in [1.165, 1.54) is 31.4 Å². The molecule has 1 aromatic rings. The van der Waals surface area contributed by atoms with Gasteiger partial charge in [0, 0.05) is 25.8 Å². The van der Waals surface area contributed by atoms with E-state index in [0.29, 0.717) is 0 Å². The number of carbonyl (C=O) groups excluding carboxylic acids is 2. The van der Waals surface area contributed by atoms with Crippen molar-refractivity contribution in [3.05, 3.63) is 29.8 Å². The minimum atomic E-state index is -3.87. The molecule has 134 valence electrons. The largest absolute Gasteiger partial charge is 0.382 e. The van der Waals surface area contributed by atoms with Crippen LogP contribution in [-0.2, 0) is 19.6 Å². The number of carbonyl (C=O) groups is 2. The molecule has 0 unspecified atom stereocenters. The molecule has 8 nitrogen and oxygen atoms in total. The van der Waals surface area contributed by atoms with Crippen molar-refractivity contribution in [2.24, 2.45) is 0 Å². The number of piperazine rings is 1. The lowest BCUT2D eigenvalue weighted by Crippen LogP contribution is -2.49. The highest BCUT2D eigenvalue weighted by Crippen LogP contribution is 2.18. The maximum absolute atomic E-state index is 12.7. The molecule has 0 saturated carbocycles. The van der Waals surface area contributed by atoms with Crippen LogP contribution in [0.25, 0.3) is 0 Å². The van der Waals surface area contributed by atoms with E-state index in [4.69, 9.17) is 11.2 Å². The van der Waals surface area contributed by atoms with E-state index in [1.54, 1.807) is 0 Å². The van der Waals surface area contributed by atoms with Crippen LogP contribution in [0.1, 0.15) is 10.4 Å². The van der Waals surface area contributed by atoms with Crippen molar-refractivity contribution in [1.29, 1.82) is 0 Å². The molecule has 1 saturated heterocycles. The lowest BCUT2D eigenvalue weighted by atomic mass is 10.2. The Bertz CT molecular complexity index is 800. The lowest BCUT2D eigenvalue weighted by Gasteiger charge is -2.26. The number of benzene rings is 1. The van der Waals surface area contributed by atoms with Crippen molar-refractivity contribution < 1.29 is 22.7 Å². The zero-order valence-corrected chi connectivity index (χ0v) is 14.5. The van der Waals surface area contributed by atoms with Crippen LogP contribution in [0, 0.1) is 12.3 Å².